The van der Waals surface area contributed by atoms with Gasteiger partial charge in [-0.2, -0.15) is 0 Å². The zero-order chi connectivity index (χ0) is 5.85. The molecule has 0 aliphatic heterocycles. The SMILES string of the molecule is CC1C23C4CCCC2C143. The predicted molar refractivity (Wildman–Crippen MR) is 34.9 cm³/mol. The molecule has 0 aromatic carbocycles. The Morgan fingerprint density at radius 2 is 1.67 bits per heavy atom. The molecule has 0 nitrogen and oxygen atoms in total. The van der Waals surface area contributed by atoms with Crippen molar-refractivity contribution in [1.29, 1.82) is 0 Å². The molecule has 0 heteroatoms. The normalized spacial score (nSPS) is 87.0. The van der Waals surface area contributed by atoms with Gasteiger partial charge >= 0.3 is 0 Å². The maximum atomic E-state index is 2.47. The molecule has 4 fully saturated rings. The summed E-state index contributed by atoms with van der Waals surface area (Å²) in [6.07, 6.45) is 4.76. The molecule has 9 heavy (non-hydrogen) atoms. The summed E-state index contributed by atoms with van der Waals surface area (Å²) in [6, 6.07) is 0. The highest BCUT2D eigenvalue weighted by Crippen LogP contribution is 3.17. The van der Waals surface area contributed by atoms with Crippen molar-refractivity contribution >= 4 is 0 Å². The summed E-state index contributed by atoms with van der Waals surface area (Å²) in [5, 5.41) is 0. The number of rotatable bonds is 0. The number of hydrogen-bond donors (Lipinski definition) is 0. The average Bonchev–Trinajstić information content (AvgIpc) is 2.79. The minimum atomic E-state index is 1.03. The van der Waals surface area contributed by atoms with Crippen molar-refractivity contribution < 1.29 is 0 Å². The first kappa shape index (κ1) is 4.00. The molecule has 0 radical (unpaired) electrons. The monoisotopic (exact) mass is 120 g/mol. The molecule has 1 spiro atoms. The summed E-state index contributed by atoms with van der Waals surface area (Å²) >= 11 is 0. The molecule has 0 N–H and O–H groups in total. The predicted octanol–water partition coefficient (Wildman–Crippen LogP) is 2.05. The Bertz CT molecular complexity index is 186. The van der Waals surface area contributed by atoms with Gasteiger partial charge in [0.1, 0.15) is 0 Å². The Kier molecular flexibility index (Phi) is 0.302. The Labute approximate surface area is 55.6 Å². The fourth-order valence-corrected chi connectivity index (χ4v) is 4.97. The van der Waals surface area contributed by atoms with E-state index in [-0.39, 0.29) is 0 Å². The maximum absolute atomic E-state index is 2.47. The standard InChI is InChI=1S/C9H12/c1-5-8-6-3-2-4-7(8)9(5,6)8/h5-7H,2-4H2,1H3. The fourth-order valence-electron chi connectivity index (χ4n) is 4.97. The van der Waals surface area contributed by atoms with Gasteiger partial charge in [0.05, 0.1) is 0 Å². The molecular formula is C9H12. The minimum Gasteiger partial charge on any atom is -0.0614 e. The van der Waals surface area contributed by atoms with E-state index in [0.717, 1.165) is 10.8 Å². The molecule has 4 aliphatic rings. The minimum absolute atomic E-state index is 1.03. The summed E-state index contributed by atoms with van der Waals surface area (Å²) in [4.78, 5) is 0. The molecule has 4 rings (SSSR count). The summed E-state index contributed by atoms with van der Waals surface area (Å²) in [5.74, 6) is 3.71. The van der Waals surface area contributed by atoms with Gasteiger partial charge in [-0.25, -0.2) is 0 Å². The molecule has 0 unspecified atom stereocenters. The smallest absolute Gasteiger partial charge is 0.0133 e. The lowest BCUT2D eigenvalue weighted by Gasteiger charge is -2.40. The van der Waals surface area contributed by atoms with Crippen molar-refractivity contribution in [1.82, 2.24) is 0 Å². The van der Waals surface area contributed by atoms with Crippen LogP contribution in [0.1, 0.15) is 26.2 Å². The molecular weight excluding hydrogens is 108 g/mol. The van der Waals surface area contributed by atoms with Crippen LogP contribution < -0.4 is 0 Å². The van der Waals surface area contributed by atoms with Crippen LogP contribution in [0.4, 0.5) is 0 Å². The van der Waals surface area contributed by atoms with Crippen molar-refractivity contribution in [2.75, 3.05) is 0 Å². The highest BCUT2D eigenvalue weighted by molar-refractivity contribution is 5.60. The third-order valence-electron chi connectivity index (χ3n) is 5.23. The van der Waals surface area contributed by atoms with Crippen LogP contribution in [-0.2, 0) is 0 Å². The lowest BCUT2D eigenvalue weighted by atomic mass is 9.65. The van der Waals surface area contributed by atoms with Crippen LogP contribution in [0.5, 0.6) is 0 Å². The van der Waals surface area contributed by atoms with E-state index in [4.69, 9.17) is 0 Å². The quantitative estimate of drug-likeness (QED) is 0.459. The fraction of sp³-hybridized carbons (Fsp3) is 1.00. The highest BCUT2D eigenvalue weighted by atomic mass is 15.2. The van der Waals surface area contributed by atoms with Gasteiger partial charge in [0.15, 0.2) is 0 Å². The Balaban J connectivity index is 1.85. The Morgan fingerprint density at radius 3 is 2.00 bits per heavy atom. The summed E-state index contributed by atoms with van der Waals surface area (Å²) in [7, 11) is 0. The Hall–Kier alpha value is 0. The molecule has 48 valence electrons. The van der Waals surface area contributed by atoms with Crippen molar-refractivity contribution in [3.63, 3.8) is 0 Å². The largest absolute Gasteiger partial charge is 0.0614 e. The average molecular weight is 120 g/mol. The Morgan fingerprint density at radius 1 is 1.11 bits per heavy atom. The van der Waals surface area contributed by atoms with Crippen LogP contribution in [0.15, 0.2) is 0 Å². The van der Waals surface area contributed by atoms with Crippen LogP contribution in [0.25, 0.3) is 0 Å². The topological polar surface area (TPSA) is 0 Å². The third-order valence-corrected chi connectivity index (χ3v) is 5.23. The molecule has 0 bridgehead atoms. The first-order chi connectivity index (χ1) is 4.38. The molecule has 0 amide bonds. The highest BCUT2D eigenvalue weighted by Gasteiger charge is 3.14. The summed E-state index contributed by atoms with van der Waals surface area (Å²) in [5.41, 5.74) is 2.07. The van der Waals surface area contributed by atoms with Crippen LogP contribution >= 0.6 is 0 Å². The van der Waals surface area contributed by atoms with Crippen molar-refractivity contribution in [2.24, 2.45) is 28.6 Å². The first-order valence-electron chi connectivity index (χ1n) is 4.38. The van der Waals surface area contributed by atoms with E-state index < -0.39 is 0 Å². The van der Waals surface area contributed by atoms with Gasteiger partial charge in [-0.15, -0.1) is 0 Å². The zero-order valence-corrected chi connectivity index (χ0v) is 5.85. The van der Waals surface area contributed by atoms with E-state index in [1.165, 1.54) is 17.8 Å². The first-order valence-corrected chi connectivity index (χ1v) is 4.38. The van der Waals surface area contributed by atoms with Gasteiger partial charge in [-0.1, -0.05) is 13.3 Å². The van der Waals surface area contributed by atoms with Gasteiger partial charge < -0.3 is 0 Å². The second-order valence-corrected chi connectivity index (χ2v) is 4.62. The van der Waals surface area contributed by atoms with Gasteiger partial charge in [0, 0.05) is 0 Å². The maximum Gasteiger partial charge on any atom is -0.0133 e. The second kappa shape index (κ2) is 0.681. The van der Waals surface area contributed by atoms with Crippen LogP contribution in [0, 0.1) is 28.6 Å². The van der Waals surface area contributed by atoms with E-state index in [9.17, 15) is 0 Å². The molecule has 4 saturated carbocycles. The van der Waals surface area contributed by atoms with Crippen LogP contribution in [0.2, 0.25) is 0 Å². The van der Waals surface area contributed by atoms with Gasteiger partial charge in [0.2, 0.25) is 0 Å². The molecule has 0 saturated heterocycles. The zero-order valence-electron chi connectivity index (χ0n) is 5.85. The van der Waals surface area contributed by atoms with Crippen molar-refractivity contribution in [2.45, 2.75) is 26.2 Å². The molecule has 0 aromatic rings. The van der Waals surface area contributed by atoms with Crippen LogP contribution in [-0.4, -0.2) is 0 Å². The molecule has 0 heterocycles. The summed E-state index contributed by atoms with van der Waals surface area (Å²) in [6.45, 7) is 2.47. The third kappa shape index (κ3) is 0.142. The second-order valence-electron chi connectivity index (χ2n) is 4.62. The van der Waals surface area contributed by atoms with Crippen molar-refractivity contribution in [3.8, 4) is 0 Å². The molecule has 0 aromatic heterocycles. The van der Waals surface area contributed by atoms with E-state index in [2.05, 4.69) is 6.92 Å². The van der Waals surface area contributed by atoms with Gasteiger partial charge in [-0.3, -0.25) is 0 Å². The number of hydrogen-bond acceptors (Lipinski definition) is 0. The van der Waals surface area contributed by atoms with Crippen LogP contribution in [0.3, 0.4) is 0 Å². The molecule has 0 atom stereocenters. The molecule has 4 aliphatic carbocycles. The summed E-state index contributed by atoms with van der Waals surface area (Å²) < 4.78 is 0. The van der Waals surface area contributed by atoms with E-state index in [1.54, 1.807) is 19.3 Å². The van der Waals surface area contributed by atoms with Gasteiger partial charge in [0.25, 0.3) is 0 Å². The van der Waals surface area contributed by atoms with E-state index in [0.29, 0.717) is 0 Å². The van der Waals surface area contributed by atoms with Gasteiger partial charge in [-0.05, 0) is 41.4 Å². The van der Waals surface area contributed by atoms with E-state index >= 15 is 0 Å². The van der Waals surface area contributed by atoms with Crippen molar-refractivity contribution in [3.05, 3.63) is 0 Å². The lowest BCUT2D eigenvalue weighted by molar-refractivity contribution is 0.0830. The lowest BCUT2D eigenvalue weighted by Crippen LogP contribution is -2.33. The van der Waals surface area contributed by atoms with E-state index in [1.807, 2.05) is 0 Å².